The average Bonchev–Trinajstić information content (AvgIpc) is 2.92. The van der Waals surface area contributed by atoms with Crippen molar-refractivity contribution in [3.8, 4) is 0 Å². The summed E-state index contributed by atoms with van der Waals surface area (Å²) in [6.45, 7) is 0.628. The van der Waals surface area contributed by atoms with Crippen LogP contribution in [0.2, 0.25) is 0 Å². The molecule has 150 valence electrons. The Morgan fingerprint density at radius 2 is 1.75 bits per heavy atom. The normalized spacial score (nSPS) is 20.4. The molecule has 0 amide bonds. The highest BCUT2D eigenvalue weighted by molar-refractivity contribution is 7.90. The Balaban J connectivity index is 2.12. The van der Waals surface area contributed by atoms with E-state index >= 15 is 0 Å². The molecule has 1 unspecified atom stereocenters. The molecule has 5 nitrogen and oxygen atoms in total. The van der Waals surface area contributed by atoms with Crippen LogP contribution in [0, 0.1) is 12.7 Å². The molecule has 1 heterocycles. The highest BCUT2D eigenvalue weighted by Crippen LogP contribution is 2.39. The first-order chi connectivity index (χ1) is 12.8. The minimum Gasteiger partial charge on any atom is -0.361 e. The van der Waals surface area contributed by atoms with Crippen LogP contribution in [0.4, 0.5) is 23.2 Å². The molecule has 0 radical (unpaired) electrons. The summed E-state index contributed by atoms with van der Waals surface area (Å²) in [5.41, 5.74) is -2.68. The van der Waals surface area contributed by atoms with E-state index in [1.807, 2.05) is 0 Å². The molecule has 2 aromatic rings. The minimum absolute atomic E-state index is 0.0124. The maximum Gasteiger partial charge on any atom is 0.440 e. The predicted octanol–water partition coefficient (Wildman–Crippen LogP) is 3.06. The topological polar surface area (TPSA) is 70.0 Å². The van der Waals surface area contributed by atoms with Gasteiger partial charge in [0.1, 0.15) is 11.7 Å². The third-order valence-corrected chi connectivity index (χ3v) is 5.38. The molecule has 3 rings (SSSR count). The zero-order valence-electron chi connectivity index (χ0n) is 14.8. The first kappa shape index (κ1) is 20.3. The first-order valence-corrected chi connectivity index (χ1v) is 9.93. The van der Waals surface area contributed by atoms with Crippen LogP contribution >= 0.6 is 0 Å². The van der Waals surface area contributed by atoms with Crippen molar-refractivity contribution < 1.29 is 31.1 Å². The van der Waals surface area contributed by atoms with Gasteiger partial charge in [0.15, 0.2) is 9.84 Å². The van der Waals surface area contributed by atoms with E-state index in [1.165, 1.54) is 36.4 Å². The Morgan fingerprint density at radius 3 is 2.25 bits per heavy atom. The predicted molar refractivity (Wildman–Crippen MR) is 95.6 cm³/mol. The fraction of sp³-hybridized carbons (Fsp3) is 0.278. The summed E-state index contributed by atoms with van der Waals surface area (Å²) < 4.78 is 77.1. The quantitative estimate of drug-likeness (QED) is 0.781. The molecule has 0 spiro atoms. The van der Waals surface area contributed by atoms with Crippen molar-refractivity contribution in [3.05, 3.63) is 59.4 Å². The van der Waals surface area contributed by atoms with Crippen LogP contribution in [0.25, 0.3) is 0 Å². The maximum absolute atomic E-state index is 13.8. The average molecular weight is 416 g/mol. The zero-order chi connectivity index (χ0) is 20.9. The van der Waals surface area contributed by atoms with Gasteiger partial charge in [-0.1, -0.05) is 0 Å². The molecule has 28 heavy (non-hydrogen) atoms. The molecule has 1 N–H and O–H groups in total. The van der Waals surface area contributed by atoms with Gasteiger partial charge < -0.3 is 10.0 Å². The summed E-state index contributed by atoms with van der Waals surface area (Å²) in [5, 5.41) is 10.1. The molecule has 0 bridgehead atoms. The lowest BCUT2D eigenvalue weighted by Gasteiger charge is -2.25. The van der Waals surface area contributed by atoms with Crippen LogP contribution < -0.4 is 4.90 Å². The number of anilines is 1. The molecule has 10 heteroatoms. The van der Waals surface area contributed by atoms with Crippen LogP contribution in [0.15, 0.2) is 52.4 Å². The van der Waals surface area contributed by atoms with E-state index in [4.69, 9.17) is 0 Å². The molecule has 1 aliphatic heterocycles. The second kappa shape index (κ2) is 6.56. The van der Waals surface area contributed by atoms with Gasteiger partial charge in [-0.2, -0.15) is 13.2 Å². The van der Waals surface area contributed by atoms with Crippen LogP contribution in [-0.4, -0.2) is 44.1 Å². The molecule has 0 saturated heterocycles. The van der Waals surface area contributed by atoms with Gasteiger partial charge in [0.25, 0.3) is 5.72 Å². The fourth-order valence-electron chi connectivity index (χ4n) is 2.89. The monoisotopic (exact) mass is 416 g/mol. The van der Waals surface area contributed by atoms with E-state index in [0.29, 0.717) is 5.56 Å². The molecule has 0 aromatic heterocycles. The lowest BCUT2D eigenvalue weighted by molar-refractivity contribution is -0.249. The Bertz CT molecular complexity index is 1030. The number of hydrogen-bond donors (Lipinski definition) is 1. The van der Waals surface area contributed by atoms with Crippen LogP contribution in [0.1, 0.15) is 11.1 Å². The van der Waals surface area contributed by atoms with Crippen molar-refractivity contribution >= 4 is 21.4 Å². The van der Waals surface area contributed by atoms with Crippen molar-refractivity contribution in [1.82, 2.24) is 0 Å². The van der Waals surface area contributed by atoms with Gasteiger partial charge in [0.05, 0.1) is 11.4 Å². The van der Waals surface area contributed by atoms with E-state index in [9.17, 15) is 31.1 Å². The second-order valence-corrected chi connectivity index (χ2v) is 8.63. The summed E-state index contributed by atoms with van der Waals surface area (Å²) in [6.07, 6.45) is -4.05. The minimum atomic E-state index is -5.05. The summed E-state index contributed by atoms with van der Waals surface area (Å²) in [5.74, 6) is -0.929. The largest absolute Gasteiger partial charge is 0.440 e. The van der Waals surface area contributed by atoms with E-state index in [1.54, 1.807) is 6.92 Å². The highest BCUT2D eigenvalue weighted by Gasteiger charge is 2.59. The number of aryl methyl sites for hydroxylation is 1. The van der Waals surface area contributed by atoms with Gasteiger partial charge in [0, 0.05) is 17.5 Å². The number of amidine groups is 1. The first-order valence-electron chi connectivity index (χ1n) is 8.04. The van der Waals surface area contributed by atoms with Gasteiger partial charge in [-0.25, -0.2) is 17.8 Å². The number of alkyl halides is 3. The Morgan fingerprint density at radius 1 is 1.14 bits per heavy atom. The Hall–Kier alpha value is -2.46. The van der Waals surface area contributed by atoms with Crippen LogP contribution in [0.3, 0.4) is 0 Å². The summed E-state index contributed by atoms with van der Waals surface area (Å²) in [4.78, 5) is 4.53. The van der Waals surface area contributed by atoms with E-state index in [0.717, 1.165) is 17.2 Å². The van der Waals surface area contributed by atoms with Gasteiger partial charge in [-0.05, 0) is 55.0 Å². The smallest absolute Gasteiger partial charge is 0.361 e. The van der Waals surface area contributed by atoms with Crippen molar-refractivity contribution in [3.63, 3.8) is 0 Å². The Labute approximate surface area is 158 Å². The van der Waals surface area contributed by atoms with Crippen LogP contribution in [-0.2, 0) is 9.84 Å². The third kappa shape index (κ3) is 3.74. The molecule has 0 fully saturated rings. The number of β-amino-alcohol motifs (C(OH)–C–C–N with tert-alkyl or cyclic N) is 1. The van der Waals surface area contributed by atoms with E-state index < -0.39 is 34.1 Å². The molecule has 0 aliphatic carbocycles. The second-order valence-electron chi connectivity index (χ2n) is 6.62. The number of hydrogen-bond acceptors (Lipinski definition) is 5. The molecule has 1 atom stereocenters. The number of benzene rings is 2. The number of halogens is 4. The lowest BCUT2D eigenvalue weighted by atomic mass is 10.1. The van der Waals surface area contributed by atoms with Gasteiger partial charge in [-0.3, -0.25) is 0 Å². The standard InChI is InChI=1S/C18H16F4N2O3S/c1-11-7-12(9-13(19)8-11)16-23-17(25,18(20,21)22)10-24(16)14-3-5-15(6-4-14)28(2,26)27/h3-9,25H,10H2,1-2H3. The third-order valence-electron chi connectivity index (χ3n) is 4.26. The molecule has 1 aliphatic rings. The van der Waals surface area contributed by atoms with Crippen LogP contribution in [0.5, 0.6) is 0 Å². The van der Waals surface area contributed by atoms with Crippen molar-refractivity contribution in [2.24, 2.45) is 4.99 Å². The highest BCUT2D eigenvalue weighted by atomic mass is 32.2. The SMILES string of the molecule is Cc1cc(F)cc(C2=NC(O)(C(F)(F)F)CN2c2ccc(S(C)(=O)=O)cc2)c1. The summed E-state index contributed by atoms with van der Waals surface area (Å²) in [7, 11) is -3.49. The number of rotatable bonds is 3. The molecule has 2 aromatic carbocycles. The maximum atomic E-state index is 13.8. The van der Waals surface area contributed by atoms with Crippen molar-refractivity contribution in [2.45, 2.75) is 23.7 Å². The van der Waals surface area contributed by atoms with Gasteiger partial charge >= 0.3 is 6.18 Å². The van der Waals surface area contributed by atoms with Gasteiger partial charge in [0.2, 0.25) is 0 Å². The van der Waals surface area contributed by atoms with E-state index in [-0.39, 0.29) is 22.0 Å². The summed E-state index contributed by atoms with van der Waals surface area (Å²) in [6, 6.07) is 8.77. The Kier molecular flexibility index (Phi) is 4.75. The number of aliphatic imine (C=N–C) groups is 1. The number of nitrogens with zero attached hydrogens (tertiary/aromatic N) is 2. The van der Waals surface area contributed by atoms with Crippen molar-refractivity contribution in [1.29, 1.82) is 0 Å². The molecule has 0 saturated carbocycles. The summed E-state index contributed by atoms with van der Waals surface area (Å²) >= 11 is 0. The van der Waals surface area contributed by atoms with Gasteiger partial charge in [-0.15, -0.1) is 0 Å². The van der Waals surface area contributed by atoms with Crippen molar-refractivity contribution in [2.75, 3.05) is 17.7 Å². The molecular weight excluding hydrogens is 400 g/mol. The fourth-order valence-corrected chi connectivity index (χ4v) is 3.52. The number of aliphatic hydroxyl groups is 1. The zero-order valence-corrected chi connectivity index (χ0v) is 15.6. The lowest BCUT2D eigenvalue weighted by Crippen LogP contribution is -2.47. The van der Waals surface area contributed by atoms with E-state index in [2.05, 4.69) is 4.99 Å². The molecular formula is C18H16F4N2O3S. The number of sulfone groups is 1.